The van der Waals surface area contributed by atoms with Crippen LogP contribution in [0.25, 0.3) is 0 Å². The van der Waals surface area contributed by atoms with Crippen LogP contribution in [0.1, 0.15) is 37.5 Å². The molecule has 0 bridgehead atoms. The third-order valence-electron chi connectivity index (χ3n) is 4.61. The van der Waals surface area contributed by atoms with Crippen molar-refractivity contribution in [1.29, 1.82) is 0 Å². The fourth-order valence-electron chi connectivity index (χ4n) is 2.91. The number of rotatable bonds is 5. The number of nitrogens with one attached hydrogen (secondary N) is 1. The molecule has 0 aliphatic rings. The summed E-state index contributed by atoms with van der Waals surface area (Å²) in [6.45, 7) is 11.7. The fourth-order valence-corrected chi connectivity index (χ4v) is 2.91. The predicted molar refractivity (Wildman–Crippen MR) is 108 cm³/mol. The number of nitrogens with zero attached hydrogens (tertiary/aromatic N) is 1. The molecular formula is C22H28N2O2. The molecule has 0 fully saturated rings. The van der Waals surface area contributed by atoms with E-state index in [0.29, 0.717) is 6.54 Å². The minimum atomic E-state index is -1.18. The molecule has 0 radical (unpaired) electrons. The molecule has 2 rings (SSSR count). The van der Waals surface area contributed by atoms with Crippen molar-refractivity contribution in [2.75, 3.05) is 16.8 Å². The summed E-state index contributed by atoms with van der Waals surface area (Å²) in [7, 11) is 0. The zero-order valence-electron chi connectivity index (χ0n) is 16.5. The first-order valence-electron chi connectivity index (χ1n) is 8.94. The third-order valence-corrected chi connectivity index (χ3v) is 4.61. The van der Waals surface area contributed by atoms with E-state index < -0.39 is 5.41 Å². The Morgan fingerprint density at radius 3 is 2.23 bits per heavy atom. The molecule has 0 unspecified atom stereocenters. The lowest BCUT2D eigenvalue weighted by atomic mass is 9.89. The van der Waals surface area contributed by atoms with E-state index in [1.807, 2.05) is 70.2 Å². The smallest absolute Gasteiger partial charge is 0.242 e. The molecule has 0 saturated carbocycles. The summed E-state index contributed by atoms with van der Waals surface area (Å²) in [4.78, 5) is 27.7. The van der Waals surface area contributed by atoms with Crippen LogP contribution in [0.5, 0.6) is 0 Å². The molecule has 2 amide bonds. The number of hydrogen-bond donors (Lipinski definition) is 1. The summed E-state index contributed by atoms with van der Waals surface area (Å²) >= 11 is 0. The topological polar surface area (TPSA) is 49.4 Å². The molecule has 0 saturated heterocycles. The summed E-state index contributed by atoms with van der Waals surface area (Å²) < 4.78 is 0. The van der Waals surface area contributed by atoms with Crippen LogP contribution in [-0.2, 0) is 9.59 Å². The van der Waals surface area contributed by atoms with Gasteiger partial charge in [-0.05, 0) is 70.9 Å². The second-order valence-electron chi connectivity index (χ2n) is 7.29. The van der Waals surface area contributed by atoms with E-state index in [4.69, 9.17) is 0 Å². The van der Waals surface area contributed by atoms with Crippen LogP contribution >= 0.6 is 0 Å². The summed E-state index contributed by atoms with van der Waals surface area (Å²) in [5, 5.41) is 2.91. The maximum atomic E-state index is 13.1. The maximum absolute atomic E-state index is 13.1. The lowest BCUT2D eigenvalue weighted by Gasteiger charge is -2.30. The van der Waals surface area contributed by atoms with Gasteiger partial charge in [0.2, 0.25) is 11.8 Å². The van der Waals surface area contributed by atoms with Crippen LogP contribution in [0.15, 0.2) is 42.5 Å². The Hall–Kier alpha value is -2.62. The molecule has 0 aromatic heterocycles. The second kappa shape index (κ2) is 7.73. The molecule has 4 heteroatoms. The lowest BCUT2D eigenvalue weighted by Crippen LogP contribution is -2.47. The first-order valence-corrected chi connectivity index (χ1v) is 8.94. The van der Waals surface area contributed by atoms with Crippen LogP contribution in [0.2, 0.25) is 0 Å². The van der Waals surface area contributed by atoms with Crippen molar-refractivity contribution < 1.29 is 9.59 Å². The van der Waals surface area contributed by atoms with Crippen molar-refractivity contribution in [3.8, 4) is 0 Å². The van der Waals surface area contributed by atoms with Gasteiger partial charge in [0.25, 0.3) is 0 Å². The van der Waals surface area contributed by atoms with E-state index in [2.05, 4.69) is 5.32 Å². The molecule has 2 aromatic carbocycles. The van der Waals surface area contributed by atoms with Gasteiger partial charge in [-0.15, -0.1) is 0 Å². The van der Waals surface area contributed by atoms with Gasteiger partial charge in [-0.2, -0.15) is 0 Å². The number of aryl methyl sites for hydroxylation is 3. The molecule has 2 aromatic rings. The molecule has 1 N–H and O–H groups in total. The standard InChI is InChI=1S/C22H28N2O2/c1-7-24(18-10-8-9-15(2)14-18)21(26)22(5,6)20(25)23-19-12-11-16(3)13-17(19)4/h8-14H,7H2,1-6H3,(H,23,25). The number of hydrogen-bond acceptors (Lipinski definition) is 2. The molecule has 4 nitrogen and oxygen atoms in total. The minimum absolute atomic E-state index is 0.215. The largest absolute Gasteiger partial charge is 0.325 e. The normalized spacial score (nSPS) is 11.2. The minimum Gasteiger partial charge on any atom is -0.325 e. The van der Waals surface area contributed by atoms with Crippen LogP contribution in [-0.4, -0.2) is 18.4 Å². The highest BCUT2D eigenvalue weighted by atomic mass is 16.2. The molecular weight excluding hydrogens is 324 g/mol. The summed E-state index contributed by atoms with van der Waals surface area (Å²) in [6, 6.07) is 13.6. The van der Waals surface area contributed by atoms with Crippen LogP contribution in [0, 0.1) is 26.2 Å². The van der Waals surface area contributed by atoms with E-state index in [0.717, 1.165) is 28.1 Å². The van der Waals surface area contributed by atoms with Gasteiger partial charge in [0, 0.05) is 17.9 Å². The highest BCUT2D eigenvalue weighted by Gasteiger charge is 2.39. The number of carbonyl (C=O) groups excluding carboxylic acids is 2. The number of benzene rings is 2. The SMILES string of the molecule is CCN(C(=O)C(C)(C)C(=O)Nc1ccc(C)cc1C)c1cccc(C)c1. The molecule has 26 heavy (non-hydrogen) atoms. The van der Waals surface area contributed by atoms with Gasteiger partial charge in [-0.25, -0.2) is 0 Å². The maximum Gasteiger partial charge on any atom is 0.242 e. The van der Waals surface area contributed by atoms with Crippen molar-refractivity contribution in [2.45, 2.75) is 41.5 Å². The number of anilines is 2. The Morgan fingerprint density at radius 2 is 1.65 bits per heavy atom. The van der Waals surface area contributed by atoms with Gasteiger partial charge in [-0.3, -0.25) is 9.59 Å². The van der Waals surface area contributed by atoms with Gasteiger partial charge < -0.3 is 10.2 Å². The Kier molecular flexibility index (Phi) is 5.86. The molecule has 138 valence electrons. The Labute approximate surface area is 156 Å². The van der Waals surface area contributed by atoms with Crippen molar-refractivity contribution >= 4 is 23.2 Å². The fraction of sp³-hybridized carbons (Fsp3) is 0.364. The molecule has 0 atom stereocenters. The molecule has 0 aliphatic heterocycles. The number of carbonyl (C=O) groups is 2. The third kappa shape index (κ3) is 4.13. The average Bonchev–Trinajstić information content (AvgIpc) is 2.58. The quantitative estimate of drug-likeness (QED) is 0.798. The van der Waals surface area contributed by atoms with Crippen molar-refractivity contribution in [3.05, 3.63) is 59.2 Å². The van der Waals surface area contributed by atoms with Gasteiger partial charge in [0.15, 0.2) is 0 Å². The Balaban J connectivity index is 2.25. The van der Waals surface area contributed by atoms with E-state index >= 15 is 0 Å². The van der Waals surface area contributed by atoms with Gasteiger partial charge in [-0.1, -0.05) is 29.8 Å². The van der Waals surface area contributed by atoms with Crippen LogP contribution in [0.4, 0.5) is 11.4 Å². The lowest BCUT2D eigenvalue weighted by molar-refractivity contribution is -0.136. The summed E-state index contributed by atoms with van der Waals surface area (Å²) in [5.74, 6) is -0.520. The van der Waals surface area contributed by atoms with Crippen molar-refractivity contribution in [3.63, 3.8) is 0 Å². The van der Waals surface area contributed by atoms with Gasteiger partial charge >= 0.3 is 0 Å². The molecule has 0 spiro atoms. The zero-order chi connectivity index (χ0) is 19.5. The predicted octanol–water partition coefficient (Wildman–Crippen LogP) is 4.63. The van der Waals surface area contributed by atoms with Crippen LogP contribution in [0.3, 0.4) is 0 Å². The summed E-state index contributed by atoms with van der Waals surface area (Å²) in [6.07, 6.45) is 0. The Morgan fingerprint density at radius 1 is 1.00 bits per heavy atom. The van der Waals surface area contributed by atoms with E-state index in [9.17, 15) is 9.59 Å². The van der Waals surface area contributed by atoms with Gasteiger partial charge in [0.1, 0.15) is 5.41 Å². The van der Waals surface area contributed by atoms with Gasteiger partial charge in [0.05, 0.1) is 0 Å². The summed E-state index contributed by atoms with van der Waals surface area (Å²) in [5.41, 5.74) is 3.55. The first-order chi connectivity index (χ1) is 12.2. The zero-order valence-corrected chi connectivity index (χ0v) is 16.5. The Bertz CT molecular complexity index is 825. The van der Waals surface area contributed by atoms with Crippen molar-refractivity contribution in [1.82, 2.24) is 0 Å². The molecule has 0 heterocycles. The first kappa shape index (κ1) is 19.7. The highest BCUT2D eigenvalue weighted by Crippen LogP contribution is 2.27. The van der Waals surface area contributed by atoms with Crippen molar-refractivity contribution in [2.24, 2.45) is 5.41 Å². The molecule has 0 aliphatic carbocycles. The number of amides is 2. The highest BCUT2D eigenvalue weighted by molar-refractivity contribution is 6.15. The van der Waals surface area contributed by atoms with E-state index in [-0.39, 0.29) is 11.8 Å². The second-order valence-corrected chi connectivity index (χ2v) is 7.29. The van der Waals surface area contributed by atoms with E-state index in [1.165, 1.54) is 0 Å². The average molecular weight is 352 g/mol. The monoisotopic (exact) mass is 352 g/mol. The van der Waals surface area contributed by atoms with E-state index in [1.54, 1.807) is 18.7 Å². The van der Waals surface area contributed by atoms with Crippen LogP contribution < -0.4 is 10.2 Å².